The van der Waals surface area contributed by atoms with Gasteiger partial charge in [0.1, 0.15) is 0 Å². The van der Waals surface area contributed by atoms with Crippen LogP contribution in [0.15, 0.2) is 20.0 Å². The Morgan fingerprint density at radius 2 is 2.05 bits per heavy atom. The maximum absolute atomic E-state index is 11.8. The van der Waals surface area contributed by atoms with Crippen molar-refractivity contribution in [3.05, 3.63) is 16.3 Å². The Balaban J connectivity index is 2.90. The minimum absolute atomic E-state index is 0.302. The Hall–Kier alpha value is -1.09. The Labute approximate surface area is 118 Å². The molecule has 19 heavy (non-hydrogen) atoms. The Morgan fingerprint density at radius 3 is 2.58 bits per heavy atom. The van der Waals surface area contributed by atoms with E-state index in [-0.39, 0.29) is 0 Å². The first kappa shape index (κ1) is 16.0. The van der Waals surface area contributed by atoms with Gasteiger partial charge in [0.05, 0.1) is 16.5 Å². The van der Waals surface area contributed by atoms with Gasteiger partial charge in [0, 0.05) is 21.6 Å². The average molecular weight is 302 g/mol. The lowest BCUT2D eigenvalue weighted by Crippen LogP contribution is -2.31. The number of carbonyl (C=O) groups is 2. The smallest absolute Gasteiger partial charge is 0.269 e. The molecule has 0 bridgehead atoms. The molecule has 106 valence electrons. The molecule has 0 aliphatic heterocycles. The van der Waals surface area contributed by atoms with E-state index >= 15 is 0 Å². The predicted octanol–water partition coefficient (Wildman–Crippen LogP) is 0.781. The summed E-state index contributed by atoms with van der Waals surface area (Å²) in [4.78, 5) is 23.5. The fourth-order valence-corrected chi connectivity index (χ4v) is 3.60. The third kappa shape index (κ3) is 4.50. The van der Waals surface area contributed by atoms with E-state index in [0.717, 1.165) is 0 Å². The maximum atomic E-state index is 11.8. The second-order valence-electron chi connectivity index (χ2n) is 4.49. The maximum Gasteiger partial charge on any atom is 0.269 e. The van der Waals surface area contributed by atoms with Crippen molar-refractivity contribution in [2.45, 2.75) is 31.2 Å². The summed E-state index contributed by atoms with van der Waals surface area (Å²) < 4.78 is 3.86. The summed E-state index contributed by atoms with van der Waals surface area (Å²) in [6.07, 6.45) is 0.547. The molecule has 0 spiro atoms. The number of hydrogen-bond donors (Lipinski definition) is 3. The van der Waals surface area contributed by atoms with Crippen LogP contribution < -0.4 is 16.6 Å². The molecule has 2 atom stereocenters. The van der Waals surface area contributed by atoms with Crippen molar-refractivity contribution >= 4 is 34.0 Å². The van der Waals surface area contributed by atoms with Crippen molar-refractivity contribution in [2.75, 3.05) is 0 Å². The van der Waals surface area contributed by atoms with Crippen LogP contribution in [0.25, 0.3) is 0 Å². The summed E-state index contributed by atoms with van der Waals surface area (Å²) in [5.41, 5.74) is 11.3. The Morgan fingerprint density at radius 1 is 1.42 bits per heavy atom. The normalized spacial score (nSPS) is 14.6. The number of nitrogens with two attached hydrogens (primary N) is 3. The monoisotopic (exact) mass is 302 g/mol. The van der Waals surface area contributed by atoms with Crippen LogP contribution in [0.4, 0.5) is 0 Å². The Kier molecular flexibility index (Phi) is 5.80. The second kappa shape index (κ2) is 6.90. The van der Waals surface area contributed by atoms with Gasteiger partial charge >= 0.3 is 0 Å². The quantitative estimate of drug-likeness (QED) is 0.743. The highest BCUT2D eigenvalue weighted by molar-refractivity contribution is 7.85. The van der Waals surface area contributed by atoms with Crippen LogP contribution >= 0.6 is 11.3 Å². The molecule has 1 aromatic heterocycles. The van der Waals surface area contributed by atoms with Crippen LogP contribution in [0.5, 0.6) is 0 Å². The summed E-state index contributed by atoms with van der Waals surface area (Å²) in [5, 5.41) is 9.10. The zero-order chi connectivity index (χ0) is 14.6. The van der Waals surface area contributed by atoms with Gasteiger partial charge in [0.25, 0.3) is 11.8 Å². The number of thiophene rings is 1. The van der Waals surface area contributed by atoms with E-state index in [1.807, 2.05) is 13.8 Å². The summed E-state index contributed by atoms with van der Waals surface area (Å²) in [6, 6.07) is -0.658. The van der Waals surface area contributed by atoms with Gasteiger partial charge in [0.2, 0.25) is 0 Å². The van der Waals surface area contributed by atoms with Crippen LogP contribution in [0.2, 0.25) is 0 Å². The number of primary amides is 1. The van der Waals surface area contributed by atoms with Gasteiger partial charge in [-0.1, -0.05) is 13.8 Å². The van der Waals surface area contributed by atoms with Crippen molar-refractivity contribution in [3.63, 3.8) is 0 Å². The number of amides is 2. The first-order valence-corrected chi connectivity index (χ1v) is 7.87. The van der Waals surface area contributed by atoms with E-state index in [1.54, 1.807) is 10.8 Å². The molecule has 0 saturated heterocycles. The highest BCUT2D eigenvalue weighted by Gasteiger charge is 2.17. The molecule has 8 heteroatoms. The topological polar surface area (TPSA) is 125 Å². The SMILES string of the molecule is CC(C)CC(N)C(=O)N=S(N)c1cscc1C(N)=O. The second-order valence-corrected chi connectivity index (χ2v) is 6.49. The van der Waals surface area contributed by atoms with E-state index in [1.165, 1.54) is 11.3 Å². The fraction of sp³-hybridized carbons (Fsp3) is 0.455. The standard InChI is InChI=1S/C11H18N4O2S2/c1-6(2)3-8(12)11(17)15-19(14)9-5-18-4-7(9)10(13)16/h4-6,8H,3,12H2,1-2H3,(H2,13,16)(H2,14,15,17). The first-order chi connectivity index (χ1) is 8.82. The number of hydrogen-bond acceptors (Lipinski definition) is 4. The molecular formula is C11H18N4O2S2. The number of nitrogens with zero attached hydrogens (tertiary/aromatic N) is 1. The molecule has 0 radical (unpaired) electrons. The van der Waals surface area contributed by atoms with Gasteiger partial charge in [0.15, 0.2) is 0 Å². The molecule has 0 aliphatic rings. The van der Waals surface area contributed by atoms with Crippen LogP contribution in [0, 0.1) is 5.92 Å². The molecule has 6 N–H and O–H groups in total. The third-order valence-electron chi connectivity index (χ3n) is 2.35. The molecule has 0 saturated carbocycles. The van der Waals surface area contributed by atoms with Crippen molar-refractivity contribution in [1.29, 1.82) is 0 Å². The lowest BCUT2D eigenvalue weighted by Gasteiger charge is -2.10. The number of rotatable bonds is 5. The first-order valence-electron chi connectivity index (χ1n) is 5.68. The average Bonchev–Trinajstić information content (AvgIpc) is 2.76. The van der Waals surface area contributed by atoms with Gasteiger partial charge < -0.3 is 11.5 Å². The molecule has 2 amide bonds. The van der Waals surface area contributed by atoms with E-state index in [2.05, 4.69) is 4.36 Å². The van der Waals surface area contributed by atoms with Gasteiger partial charge in [-0.25, -0.2) is 0 Å². The predicted molar refractivity (Wildman–Crippen MR) is 77.5 cm³/mol. The summed E-state index contributed by atoms with van der Waals surface area (Å²) >= 11 is 1.29. The molecule has 0 aromatic carbocycles. The summed E-state index contributed by atoms with van der Waals surface area (Å²) in [7, 11) is -1.19. The summed E-state index contributed by atoms with van der Waals surface area (Å²) in [5.74, 6) is -0.717. The lowest BCUT2D eigenvalue weighted by molar-refractivity contribution is -0.119. The van der Waals surface area contributed by atoms with Crippen LogP contribution in [0.1, 0.15) is 30.6 Å². The van der Waals surface area contributed by atoms with Gasteiger partial charge in [-0.3, -0.25) is 14.7 Å². The van der Waals surface area contributed by atoms with E-state index in [4.69, 9.17) is 16.6 Å². The largest absolute Gasteiger partial charge is 0.366 e. The van der Waals surface area contributed by atoms with Gasteiger partial charge in [-0.05, 0) is 12.3 Å². The van der Waals surface area contributed by atoms with Crippen molar-refractivity contribution in [1.82, 2.24) is 0 Å². The molecule has 0 aliphatic carbocycles. The van der Waals surface area contributed by atoms with Crippen LogP contribution in [-0.2, 0) is 15.7 Å². The highest BCUT2D eigenvalue weighted by atomic mass is 32.2. The van der Waals surface area contributed by atoms with E-state index in [0.29, 0.717) is 22.8 Å². The summed E-state index contributed by atoms with van der Waals surface area (Å²) in [6.45, 7) is 3.94. The van der Waals surface area contributed by atoms with E-state index in [9.17, 15) is 9.59 Å². The van der Waals surface area contributed by atoms with Crippen LogP contribution in [-0.4, -0.2) is 17.9 Å². The number of carbonyl (C=O) groups excluding carboxylic acids is 2. The van der Waals surface area contributed by atoms with Crippen molar-refractivity contribution < 1.29 is 9.59 Å². The van der Waals surface area contributed by atoms with Crippen molar-refractivity contribution in [3.8, 4) is 0 Å². The van der Waals surface area contributed by atoms with E-state index < -0.39 is 28.7 Å². The molecule has 1 heterocycles. The van der Waals surface area contributed by atoms with Gasteiger partial charge in [-0.2, -0.15) is 15.7 Å². The zero-order valence-electron chi connectivity index (χ0n) is 10.8. The molecule has 2 unspecified atom stereocenters. The Bertz CT molecular complexity index is 511. The molecular weight excluding hydrogens is 284 g/mol. The lowest BCUT2D eigenvalue weighted by atomic mass is 10.0. The molecule has 1 aromatic rings. The van der Waals surface area contributed by atoms with Gasteiger partial charge in [-0.15, -0.1) is 0 Å². The fourth-order valence-electron chi connectivity index (χ4n) is 1.45. The third-order valence-corrected chi connectivity index (χ3v) is 4.41. The highest BCUT2D eigenvalue weighted by Crippen LogP contribution is 2.18. The minimum Gasteiger partial charge on any atom is -0.366 e. The zero-order valence-corrected chi connectivity index (χ0v) is 12.5. The van der Waals surface area contributed by atoms with Crippen LogP contribution in [0.3, 0.4) is 0 Å². The minimum atomic E-state index is -1.19. The molecule has 0 fully saturated rings. The molecule has 1 rings (SSSR count). The van der Waals surface area contributed by atoms with Crippen molar-refractivity contribution in [2.24, 2.45) is 26.9 Å². The molecule has 6 nitrogen and oxygen atoms in total.